The van der Waals surface area contributed by atoms with Gasteiger partial charge in [0.05, 0.1) is 22.8 Å². The van der Waals surface area contributed by atoms with Crippen LogP contribution in [0.2, 0.25) is 0 Å². The molecule has 6 heteroatoms. The molecule has 0 fully saturated rings. The van der Waals surface area contributed by atoms with Crippen molar-refractivity contribution >= 4 is 21.9 Å². The fourth-order valence-corrected chi connectivity index (χ4v) is 7.03. The Bertz CT molecular complexity index is 2570. The molecule has 56 heavy (non-hydrogen) atoms. The molecule has 7 rings (SSSR count). The zero-order valence-corrected chi connectivity index (χ0v) is 37.0. The summed E-state index contributed by atoms with van der Waals surface area (Å²) in [6.07, 6.45) is 0. The van der Waals surface area contributed by atoms with Crippen molar-refractivity contribution in [3.05, 3.63) is 119 Å². The summed E-state index contributed by atoms with van der Waals surface area (Å²) in [7, 11) is 0. The van der Waals surface area contributed by atoms with Crippen molar-refractivity contribution < 1.29 is 35.7 Å². The topological polar surface area (TPSA) is 79.4 Å². The van der Waals surface area contributed by atoms with Crippen molar-refractivity contribution in [3.8, 4) is 56.5 Å². The molecule has 7 aromatic rings. The van der Waals surface area contributed by atoms with Gasteiger partial charge in [0.1, 0.15) is 22.7 Å². The molecule has 0 amide bonds. The number of para-hydroxylation sites is 1. The second kappa shape index (κ2) is 14.3. The van der Waals surface area contributed by atoms with Gasteiger partial charge in [0.2, 0.25) is 0 Å². The quantitative estimate of drug-likeness (QED) is 0.184. The monoisotopic (exact) mass is 925 g/mol. The Hall–Kier alpha value is -4.73. The van der Waals surface area contributed by atoms with Crippen LogP contribution in [0.3, 0.4) is 0 Å². The van der Waals surface area contributed by atoms with Crippen LogP contribution >= 0.6 is 0 Å². The van der Waals surface area contributed by atoms with Gasteiger partial charge < -0.3 is 14.6 Å². The predicted octanol–water partition coefficient (Wildman–Crippen LogP) is 13.6. The van der Waals surface area contributed by atoms with E-state index in [1.54, 1.807) is 12.1 Å². The fraction of sp³-hybridized carbons (Fsp3) is 0.320. The molecule has 0 saturated heterocycles. The molecular formula is C50H54N2O3Pt. The number of hydrogen-bond acceptors (Lipinski definition) is 5. The van der Waals surface area contributed by atoms with Crippen molar-refractivity contribution in [3.63, 3.8) is 0 Å². The van der Waals surface area contributed by atoms with Gasteiger partial charge in [-0.3, -0.25) is 0 Å². The van der Waals surface area contributed by atoms with Crippen LogP contribution in [0, 0.1) is 0 Å². The van der Waals surface area contributed by atoms with Crippen LogP contribution < -0.4 is 0 Å². The molecule has 0 aliphatic heterocycles. The van der Waals surface area contributed by atoms with Crippen LogP contribution in [0.5, 0.6) is 11.5 Å². The number of nitrogens with zero attached hydrogens (tertiary/aromatic N) is 2. The molecule has 0 radical (unpaired) electrons. The van der Waals surface area contributed by atoms with E-state index in [1.807, 2.05) is 36.4 Å². The smallest absolute Gasteiger partial charge is 0.136 e. The molecule has 0 atom stereocenters. The summed E-state index contributed by atoms with van der Waals surface area (Å²) in [4.78, 5) is 10.5. The van der Waals surface area contributed by atoms with Gasteiger partial charge >= 0.3 is 0 Å². The molecule has 0 saturated carbocycles. The first-order chi connectivity index (χ1) is 25.6. The molecule has 3 heterocycles. The van der Waals surface area contributed by atoms with Crippen LogP contribution in [-0.4, -0.2) is 20.2 Å². The molecule has 292 valence electrons. The summed E-state index contributed by atoms with van der Waals surface area (Å²) in [5, 5.41) is 24.8. The summed E-state index contributed by atoms with van der Waals surface area (Å²) in [5.41, 5.74) is 11.5. The van der Waals surface area contributed by atoms with E-state index in [2.05, 4.69) is 132 Å². The van der Waals surface area contributed by atoms with Gasteiger partial charge in [-0.25, -0.2) is 9.97 Å². The number of aromatic hydroxyl groups is 2. The number of furan rings is 1. The van der Waals surface area contributed by atoms with E-state index < -0.39 is 0 Å². The SMILES string of the molecule is CC(C)(C)c1cc(-c2cc(-c3cc(C(C)(C)C)cc(-c4cc(C(C)(C)C)ccc4O)n3)nc(-c3cc4oc5ccccc5c4cc3O)c2)cc(C(C)(C)C)c1.[Pt]. The maximum Gasteiger partial charge on any atom is 0.136 e. The first-order valence-corrected chi connectivity index (χ1v) is 19.3. The number of fused-ring (bicyclic) bond motifs is 3. The third-order valence-electron chi connectivity index (χ3n) is 10.7. The van der Waals surface area contributed by atoms with E-state index in [4.69, 9.17) is 14.4 Å². The van der Waals surface area contributed by atoms with Crippen molar-refractivity contribution in [2.24, 2.45) is 0 Å². The number of rotatable bonds is 4. The van der Waals surface area contributed by atoms with Crippen LogP contribution in [-0.2, 0) is 42.7 Å². The average molecular weight is 926 g/mol. The molecule has 0 spiro atoms. The maximum absolute atomic E-state index is 11.7. The molecule has 0 aliphatic rings. The van der Waals surface area contributed by atoms with Crippen molar-refractivity contribution in [2.45, 2.75) is 105 Å². The number of phenols is 2. The predicted molar refractivity (Wildman–Crippen MR) is 229 cm³/mol. The first-order valence-electron chi connectivity index (χ1n) is 19.3. The van der Waals surface area contributed by atoms with Gasteiger partial charge in [-0.05, 0) is 110 Å². The molecule has 3 aromatic heterocycles. The third kappa shape index (κ3) is 8.07. The Balaban J connectivity index is 0.00000532. The van der Waals surface area contributed by atoms with Crippen LogP contribution in [0.25, 0.3) is 67.0 Å². The largest absolute Gasteiger partial charge is 0.507 e. The Morgan fingerprint density at radius 3 is 1.50 bits per heavy atom. The normalized spacial score (nSPS) is 12.6. The molecule has 4 aromatic carbocycles. The van der Waals surface area contributed by atoms with Gasteiger partial charge in [-0.1, -0.05) is 126 Å². The molecule has 0 aliphatic carbocycles. The van der Waals surface area contributed by atoms with E-state index in [1.165, 1.54) is 11.1 Å². The summed E-state index contributed by atoms with van der Waals surface area (Å²) in [6.45, 7) is 26.5. The van der Waals surface area contributed by atoms with Crippen molar-refractivity contribution in [2.75, 3.05) is 0 Å². The summed E-state index contributed by atoms with van der Waals surface area (Å²) < 4.78 is 6.29. The molecule has 0 unspecified atom stereocenters. The van der Waals surface area contributed by atoms with E-state index in [9.17, 15) is 10.2 Å². The second-order valence-corrected chi connectivity index (χ2v) is 19.2. The first kappa shape index (κ1) is 40.9. The number of phenolic OH excluding ortho intramolecular Hbond substituents is 2. The van der Waals surface area contributed by atoms with E-state index in [-0.39, 0.29) is 54.2 Å². The summed E-state index contributed by atoms with van der Waals surface area (Å²) >= 11 is 0. The van der Waals surface area contributed by atoms with Crippen LogP contribution in [0.4, 0.5) is 0 Å². The zero-order valence-electron chi connectivity index (χ0n) is 34.8. The molecule has 5 nitrogen and oxygen atoms in total. The van der Waals surface area contributed by atoms with Crippen LogP contribution in [0.1, 0.15) is 105 Å². The zero-order chi connectivity index (χ0) is 39.8. The Kier molecular flexibility index (Phi) is 10.5. The van der Waals surface area contributed by atoms with Gasteiger partial charge in [0.25, 0.3) is 0 Å². The van der Waals surface area contributed by atoms with E-state index >= 15 is 0 Å². The molecule has 2 N–H and O–H groups in total. The van der Waals surface area contributed by atoms with Crippen LogP contribution in [0.15, 0.2) is 101 Å². The minimum absolute atomic E-state index is 0. The number of benzene rings is 4. The second-order valence-electron chi connectivity index (χ2n) is 19.2. The number of pyridine rings is 2. The minimum atomic E-state index is -0.225. The van der Waals surface area contributed by atoms with Gasteiger partial charge in [0, 0.05) is 43.0 Å². The Morgan fingerprint density at radius 2 is 0.893 bits per heavy atom. The molecular weight excluding hydrogens is 872 g/mol. The molecule has 0 bridgehead atoms. The van der Waals surface area contributed by atoms with E-state index in [0.717, 1.165) is 38.6 Å². The van der Waals surface area contributed by atoms with Crippen molar-refractivity contribution in [1.29, 1.82) is 0 Å². The van der Waals surface area contributed by atoms with Gasteiger partial charge in [0.15, 0.2) is 0 Å². The average Bonchev–Trinajstić information content (AvgIpc) is 3.46. The maximum atomic E-state index is 11.7. The minimum Gasteiger partial charge on any atom is -0.507 e. The Labute approximate surface area is 346 Å². The fourth-order valence-electron chi connectivity index (χ4n) is 7.03. The number of hydrogen-bond donors (Lipinski definition) is 2. The summed E-state index contributed by atoms with van der Waals surface area (Å²) in [6, 6.07) is 32.6. The van der Waals surface area contributed by atoms with E-state index in [0.29, 0.717) is 39.5 Å². The van der Waals surface area contributed by atoms with Gasteiger partial charge in [-0.15, -0.1) is 0 Å². The van der Waals surface area contributed by atoms with Crippen molar-refractivity contribution in [1.82, 2.24) is 9.97 Å². The standard InChI is InChI=1S/C50H54N2O3.Pt/c1-47(2,3)31-17-18-43(53)37(24-31)40-25-34(50(10,11)12)26-42(52-40)41-22-30(29-19-32(48(4,5)6)23-33(20-29)49(7,8)9)21-39(51-41)38-28-46-36(27-44(38)54)35-15-13-14-16-45(35)55-46;/h13-28,53-54H,1-12H3;. The Morgan fingerprint density at radius 1 is 0.411 bits per heavy atom. The summed E-state index contributed by atoms with van der Waals surface area (Å²) in [5.74, 6) is 0.298. The number of aromatic nitrogens is 2. The third-order valence-corrected chi connectivity index (χ3v) is 10.7. The van der Waals surface area contributed by atoms with Gasteiger partial charge in [-0.2, -0.15) is 0 Å².